The van der Waals surface area contributed by atoms with Crippen molar-refractivity contribution >= 4 is 23.5 Å². The quantitative estimate of drug-likeness (QED) is 0.900. The molecule has 2 aliphatic rings. The monoisotopic (exact) mass is 293 g/mol. The van der Waals surface area contributed by atoms with Crippen molar-refractivity contribution in [1.29, 1.82) is 0 Å². The third-order valence-electron chi connectivity index (χ3n) is 4.61. The Morgan fingerprint density at radius 1 is 1.15 bits per heavy atom. The summed E-state index contributed by atoms with van der Waals surface area (Å²) in [7, 11) is 0. The summed E-state index contributed by atoms with van der Waals surface area (Å²) in [5, 5.41) is 12.8. The summed E-state index contributed by atoms with van der Waals surface area (Å²) in [5.74, 6) is -0.931. The molecule has 1 aromatic rings. The zero-order valence-corrected chi connectivity index (χ0v) is 11.6. The summed E-state index contributed by atoms with van der Waals surface area (Å²) in [6.45, 7) is 0. The lowest BCUT2D eigenvalue weighted by Gasteiger charge is -2.28. The number of benzene rings is 1. The second-order valence-corrected chi connectivity index (χ2v) is 6.14. The van der Waals surface area contributed by atoms with Crippen molar-refractivity contribution in [3.63, 3.8) is 0 Å². The second kappa shape index (κ2) is 5.09. The van der Waals surface area contributed by atoms with E-state index in [2.05, 4.69) is 5.32 Å². The fourth-order valence-corrected chi connectivity index (χ4v) is 3.82. The van der Waals surface area contributed by atoms with Gasteiger partial charge in [0.05, 0.1) is 5.92 Å². The first kappa shape index (κ1) is 13.4. The summed E-state index contributed by atoms with van der Waals surface area (Å²) < 4.78 is 0. The molecule has 0 aromatic heterocycles. The molecule has 0 radical (unpaired) electrons. The van der Waals surface area contributed by atoms with E-state index in [1.807, 2.05) is 0 Å². The van der Waals surface area contributed by atoms with Gasteiger partial charge >= 0.3 is 5.97 Å². The van der Waals surface area contributed by atoms with Gasteiger partial charge in [-0.1, -0.05) is 11.6 Å². The zero-order valence-electron chi connectivity index (χ0n) is 10.9. The van der Waals surface area contributed by atoms with Crippen LogP contribution in [-0.2, 0) is 4.79 Å². The van der Waals surface area contributed by atoms with Crippen molar-refractivity contribution in [2.45, 2.75) is 25.3 Å². The number of carboxylic acid groups (broad SMARTS) is 1. The van der Waals surface area contributed by atoms with E-state index >= 15 is 0 Å². The van der Waals surface area contributed by atoms with Crippen LogP contribution >= 0.6 is 11.6 Å². The van der Waals surface area contributed by atoms with Crippen molar-refractivity contribution in [2.24, 2.45) is 17.8 Å². The zero-order chi connectivity index (χ0) is 14.3. The fourth-order valence-electron chi connectivity index (χ4n) is 3.69. The van der Waals surface area contributed by atoms with Gasteiger partial charge in [-0.05, 0) is 55.4 Å². The van der Waals surface area contributed by atoms with E-state index in [0.717, 1.165) is 19.3 Å². The van der Waals surface area contributed by atoms with E-state index in [1.165, 1.54) is 0 Å². The minimum Gasteiger partial charge on any atom is -0.481 e. The lowest BCUT2D eigenvalue weighted by atomic mass is 9.84. The number of hydrogen-bond acceptors (Lipinski definition) is 2. The Bertz CT molecular complexity index is 543. The molecule has 1 aromatic carbocycles. The van der Waals surface area contributed by atoms with E-state index in [1.54, 1.807) is 24.3 Å². The first-order valence-electron chi connectivity index (χ1n) is 6.85. The lowest BCUT2D eigenvalue weighted by Crippen LogP contribution is -2.46. The van der Waals surface area contributed by atoms with Gasteiger partial charge in [0.25, 0.3) is 5.91 Å². The van der Waals surface area contributed by atoms with Crippen LogP contribution in [0.15, 0.2) is 24.3 Å². The van der Waals surface area contributed by atoms with Crippen molar-refractivity contribution in [3.05, 3.63) is 34.9 Å². The topological polar surface area (TPSA) is 66.4 Å². The standard InChI is InChI=1S/C15H16ClNO3/c16-11-5-3-8(4-6-11)14(18)17-13-10-2-1-9(7-10)12(13)15(19)20/h3-6,9-10,12-13H,1-2,7H2,(H,17,18)(H,19,20). The molecule has 5 heteroatoms. The Morgan fingerprint density at radius 3 is 2.45 bits per heavy atom. The highest BCUT2D eigenvalue weighted by atomic mass is 35.5. The molecule has 2 fully saturated rings. The molecule has 2 N–H and O–H groups in total. The lowest BCUT2D eigenvalue weighted by molar-refractivity contribution is -0.144. The van der Waals surface area contributed by atoms with Crippen LogP contribution in [0.4, 0.5) is 0 Å². The van der Waals surface area contributed by atoms with Crippen molar-refractivity contribution in [1.82, 2.24) is 5.32 Å². The summed E-state index contributed by atoms with van der Waals surface area (Å²) >= 11 is 5.79. The average molecular weight is 294 g/mol. The third-order valence-corrected chi connectivity index (χ3v) is 4.86. The molecule has 4 atom stereocenters. The van der Waals surface area contributed by atoms with E-state index in [4.69, 9.17) is 11.6 Å². The minimum absolute atomic E-state index is 0.216. The number of fused-ring (bicyclic) bond motifs is 2. The predicted octanol–water partition coefficient (Wildman–Crippen LogP) is 2.57. The number of halogens is 1. The Morgan fingerprint density at radius 2 is 1.80 bits per heavy atom. The van der Waals surface area contributed by atoms with E-state index in [9.17, 15) is 14.7 Å². The van der Waals surface area contributed by atoms with Crippen LogP contribution in [0.5, 0.6) is 0 Å². The number of hydrogen-bond donors (Lipinski definition) is 2. The molecular formula is C15H16ClNO3. The van der Waals surface area contributed by atoms with Crippen LogP contribution in [-0.4, -0.2) is 23.0 Å². The SMILES string of the molecule is O=C(NC1C2CCC(C2)C1C(=O)O)c1ccc(Cl)cc1. The van der Waals surface area contributed by atoms with Gasteiger partial charge in [-0.15, -0.1) is 0 Å². The number of carbonyl (C=O) groups excluding carboxylic acids is 1. The molecule has 3 rings (SSSR count). The maximum atomic E-state index is 12.2. The Labute approximate surface area is 122 Å². The molecule has 0 spiro atoms. The number of amides is 1. The molecule has 2 aliphatic carbocycles. The normalized spacial score (nSPS) is 31.2. The average Bonchev–Trinajstić information content (AvgIpc) is 3.00. The molecule has 4 unspecified atom stereocenters. The number of aliphatic carboxylic acids is 1. The van der Waals surface area contributed by atoms with Crippen LogP contribution in [0, 0.1) is 17.8 Å². The van der Waals surface area contributed by atoms with Gasteiger partial charge in [-0.25, -0.2) is 0 Å². The molecule has 0 aliphatic heterocycles. The Kier molecular flexibility index (Phi) is 3.42. The molecule has 2 saturated carbocycles. The molecule has 20 heavy (non-hydrogen) atoms. The molecule has 0 heterocycles. The molecule has 2 bridgehead atoms. The van der Waals surface area contributed by atoms with Gasteiger partial charge in [0.1, 0.15) is 0 Å². The Hall–Kier alpha value is -1.55. The molecule has 106 valence electrons. The van der Waals surface area contributed by atoms with Gasteiger partial charge in [0, 0.05) is 16.6 Å². The molecule has 1 amide bonds. The highest BCUT2D eigenvalue weighted by Gasteiger charge is 2.51. The van der Waals surface area contributed by atoms with Crippen molar-refractivity contribution in [2.75, 3.05) is 0 Å². The summed E-state index contributed by atoms with van der Waals surface area (Å²) in [4.78, 5) is 23.6. The summed E-state index contributed by atoms with van der Waals surface area (Å²) in [6.07, 6.45) is 2.90. The van der Waals surface area contributed by atoms with Gasteiger partial charge in [0.15, 0.2) is 0 Å². The van der Waals surface area contributed by atoms with Crippen LogP contribution in [0.1, 0.15) is 29.6 Å². The third kappa shape index (κ3) is 2.29. The van der Waals surface area contributed by atoms with Crippen LogP contribution < -0.4 is 5.32 Å². The maximum Gasteiger partial charge on any atom is 0.308 e. The predicted molar refractivity (Wildman–Crippen MR) is 74.7 cm³/mol. The van der Waals surface area contributed by atoms with Gasteiger partial charge in [-0.3, -0.25) is 9.59 Å². The summed E-state index contributed by atoms with van der Waals surface area (Å²) in [5.41, 5.74) is 0.515. The van der Waals surface area contributed by atoms with Gasteiger partial charge < -0.3 is 10.4 Å². The van der Waals surface area contributed by atoms with Crippen LogP contribution in [0.2, 0.25) is 5.02 Å². The van der Waals surface area contributed by atoms with E-state index < -0.39 is 11.9 Å². The maximum absolute atomic E-state index is 12.2. The largest absolute Gasteiger partial charge is 0.481 e. The minimum atomic E-state index is -0.793. The highest BCUT2D eigenvalue weighted by molar-refractivity contribution is 6.30. The van der Waals surface area contributed by atoms with Crippen molar-refractivity contribution in [3.8, 4) is 0 Å². The van der Waals surface area contributed by atoms with E-state index in [-0.39, 0.29) is 17.9 Å². The number of carbonyl (C=O) groups is 2. The van der Waals surface area contributed by atoms with E-state index in [0.29, 0.717) is 16.5 Å². The Balaban J connectivity index is 1.75. The number of nitrogens with one attached hydrogen (secondary N) is 1. The smallest absolute Gasteiger partial charge is 0.308 e. The molecule has 4 nitrogen and oxygen atoms in total. The first-order valence-corrected chi connectivity index (χ1v) is 7.23. The van der Waals surface area contributed by atoms with Crippen LogP contribution in [0.3, 0.4) is 0 Å². The fraction of sp³-hybridized carbons (Fsp3) is 0.467. The number of rotatable bonds is 3. The van der Waals surface area contributed by atoms with Crippen LogP contribution in [0.25, 0.3) is 0 Å². The highest BCUT2D eigenvalue weighted by Crippen LogP contribution is 2.48. The number of carboxylic acids is 1. The molecular weight excluding hydrogens is 278 g/mol. The van der Waals surface area contributed by atoms with Gasteiger partial charge in [0.2, 0.25) is 0 Å². The second-order valence-electron chi connectivity index (χ2n) is 5.70. The van der Waals surface area contributed by atoms with Crippen molar-refractivity contribution < 1.29 is 14.7 Å². The molecule has 0 saturated heterocycles. The van der Waals surface area contributed by atoms with Gasteiger partial charge in [-0.2, -0.15) is 0 Å². The first-order chi connectivity index (χ1) is 9.56. The summed E-state index contributed by atoms with van der Waals surface area (Å²) in [6, 6.07) is 6.38.